The monoisotopic (exact) mass is 385 g/mol. The van der Waals surface area contributed by atoms with Crippen molar-refractivity contribution in [3.8, 4) is 0 Å². The van der Waals surface area contributed by atoms with E-state index in [1.807, 2.05) is 0 Å². The van der Waals surface area contributed by atoms with Crippen LogP contribution in [0.4, 0.5) is 4.39 Å². The molecule has 0 bridgehead atoms. The summed E-state index contributed by atoms with van der Waals surface area (Å²) in [6.07, 6.45) is 1.04. The smallest absolute Gasteiger partial charge is 0.252 e. The van der Waals surface area contributed by atoms with Crippen LogP contribution >= 0.6 is 15.9 Å². The van der Waals surface area contributed by atoms with Crippen molar-refractivity contribution >= 4 is 31.7 Å². The highest BCUT2D eigenvalue weighted by Crippen LogP contribution is 2.17. The summed E-state index contributed by atoms with van der Waals surface area (Å²) in [5.41, 5.74) is 0.357. The van der Waals surface area contributed by atoms with Crippen LogP contribution in [0.25, 0.3) is 0 Å². The third-order valence-electron chi connectivity index (χ3n) is 2.99. The maximum atomic E-state index is 13.7. The van der Waals surface area contributed by atoms with Gasteiger partial charge in [0.05, 0.1) is 10.5 Å². The van der Waals surface area contributed by atoms with Crippen molar-refractivity contribution < 1.29 is 17.6 Å². The molecule has 0 spiro atoms. The second kappa shape index (κ2) is 6.58. The van der Waals surface area contributed by atoms with Gasteiger partial charge in [0.2, 0.25) is 0 Å². The predicted octanol–water partition coefficient (Wildman–Crippen LogP) is 2.92. The molecule has 0 atom stereocenters. The molecule has 0 aliphatic heterocycles. The van der Waals surface area contributed by atoms with Crippen molar-refractivity contribution in [2.45, 2.75) is 11.4 Å². The molecule has 2 aromatic carbocycles. The molecule has 4 nitrogen and oxygen atoms in total. The molecule has 1 N–H and O–H groups in total. The maximum absolute atomic E-state index is 13.7. The Hall–Kier alpha value is -1.73. The van der Waals surface area contributed by atoms with E-state index in [0.29, 0.717) is 10.0 Å². The van der Waals surface area contributed by atoms with Crippen molar-refractivity contribution in [3.63, 3.8) is 0 Å². The summed E-state index contributed by atoms with van der Waals surface area (Å²) in [5.74, 6) is -1.02. The fourth-order valence-corrected chi connectivity index (χ4v) is 3.13. The molecule has 2 aromatic rings. The lowest BCUT2D eigenvalue weighted by atomic mass is 10.2. The minimum absolute atomic E-state index is 0.0317. The second-order valence-electron chi connectivity index (χ2n) is 4.69. The summed E-state index contributed by atoms with van der Waals surface area (Å²) in [5, 5.41) is 2.53. The normalized spacial score (nSPS) is 11.2. The average molecular weight is 386 g/mol. The Kier molecular flexibility index (Phi) is 4.97. The number of nitrogens with one attached hydrogen (secondary N) is 1. The topological polar surface area (TPSA) is 63.2 Å². The number of carbonyl (C=O) groups is 1. The highest BCUT2D eigenvalue weighted by atomic mass is 79.9. The molecule has 0 aliphatic carbocycles. The van der Waals surface area contributed by atoms with Crippen molar-refractivity contribution in [3.05, 3.63) is 63.9 Å². The Bertz CT molecular complexity index is 821. The largest absolute Gasteiger partial charge is 0.348 e. The molecule has 0 radical (unpaired) electrons. The zero-order chi connectivity index (χ0) is 16.3. The van der Waals surface area contributed by atoms with Gasteiger partial charge in [-0.25, -0.2) is 12.8 Å². The SMILES string of the molecule is CS(=O)(=O)c1ccccc1C(=O)NCc1ccc(Br)cc1F. The summed E-state index contributed by atoms with van der Waals surface area (Å²) in [7, 11) is -3.52. The number of carbonyl (C=O) groups excluding carboxylic acids is 1. The van der Waals surface area contributed by atoms with Gasteiger partial charge in [-0.3, -0.25) is 4.79 Å². The number of hydrogen-bond acceptors (Lipinski definition) is 3. The van der Waals surface area contributed by atoms with Crippen LogP contribution in [0.3, 0.4) is 0 Å². The fraction of sp³-hybridized carbons (Fsp3) is 0.133. The number of amides is 1. The lowest BCUT2D eigenvalue weighted by molar-refractivity contribution is 0.0947. The zero-order valence-electron chi connectivity index (χ0n) is 11.6. The van der Waals surface area contributed by atoms with Crippen LogP contribution in [0.2, 0.25) is 0 Å². The third-order valence-corrected chi connectivity index (χ3v) is 4.63. The standard InChI is InChI=1S/C15H13BrFNO3S/c1-22(20,21)14-5-3-2-4-12(14)15(19)18-9-10-6-7-11(16)8-13(10)17/h2-8H,9H2,1H3,(H,18,19). The van der Waals surface area contributed by atoms with Crippen LogP contribution in [-0.4, -0.2) is 20.6 Å². The maximum Gasteiger partial charge on any atom is 0.252 e. The number of sulfone groups is 1. The van der Waals surface area contributed by atoms with Crippen LogP contribution in [0.5, 0.6) is 0 Å². The second-order valence-corrected chi connectivity index (χ2v) is 7.59. The van der Waals surface area contributed by atoms with Crippen LogP contribution in [0.15, 0.2) is 51.8 Å². The first kappa shape index (κ1) is 16.6. The molecule has 0 fully saturated rings. The molecule has 0 aliphatic rings. The van der Waals surface area contributed by atoms with Gasteiger partial charge in [0.15, 0.2) is 9.84 Å². The van der Waals surface area contributed by atoms with Crippen LogP contribution in [0.1, 0.15) is 15.9 Å². The van der Waals surface area contributed by atoms with Crippen molar-refractivity contribution in [1.29, 1.82) is 0 Å². The Morgan fingerprint density at radius 3 is 2.55 bits per heavy atom. The van der Waals surface area contributed by atoms with Crippen LogP contribution in [0, 0.1) is 5.82 Å². The molecule has 0 saturated heterocycles. The molecule has 22 heavy (non-hydrogen) atoms. The van der Waals surface area contributed by atoms with E-state index in [0.717, 1.165) is 6.26 Å². The van der Waals surface area contributed by atoms with E-state index < -0.39 is 21.6 Å². The van der Waals surface area contributed by atoms with E-state index in [1.54, 1.807) is 24.3 Å². The zero-order valence-corrected chi connectivity index (χ0v) is 14.0. The summed E-state index contributed by atoms with van der Waals surface area (Å²) in [6, 6.07) is 10.4. The minimum Gasteiger partial charge on any atom is -0.348 e. The molecule has 0 aromatic heterocycles. The number of rotatable bonds is 4. The summed E-state index contributed by atoms with van der Waals surface area (Å²) >= 11 is 3.15. The Morgan fingerprint density at radius 1 is 1.23 bits per heavy atom. The summed E-state index contributed by atoms with van der Waals surface area (Å²) < 4.78 is 37.7. The highest BCUT2D eigenvalue weighted by Gasteiger charge is 2.18. The lowest BCUT2D eigenvalue weighted by Gasteiger charge is -2.09. The average Bonchev–Trinajstić information content (AvgIpc) is 2.45. The van der Waals surface area contributed by atoms with Gasteiger partial charge in [0, 0.05) is 22.8 Å². The molecular formula is C15H13BrFNO3S. The van der Waals surface area contributed by atoms with Gasteiger partial charge < -0.3 is 5.32 Å². The van der Waals surface area contributed by atoms with Crippen molar-refractivity contribution in [2.24, 2.45) is 0 Å². The van der Waals surface area contributed by atoms with Gasteiger partial charge in [-0.15, -0.1) is 0 Å². The molecule has 2 rings (SSSR count). The molecule has 0 heterocycles. The Balaban J connectivity index is 2.20. The van der Waals surface area contributed by atoms with Gasteiger partial charge >= 0.3 is 0 Å². The highest BCUT2D eigenvalue weighted by molar-refractivity contribution is 9.10. The number of hydrogen-bond donors (Lipinski definition) is 1. The summed E-state index contributed by atoms with van der Waals surface area (Å²) in [6.45, 7) is -0.0317. The van der Waals surface area contributed by atoms with Gasteiger partial charge in [-0.05, 0) is 24.3 Å². The van der Waals surface area contributed by atoms with Gasteiger partial charge in [-0.2, -0.15) is 0 Å². The molecule has 0 unspecified atom stereocenters. The number of halogens is 2. The first-order valence-electron chi connectivity index (χ1n) is 6.30. The lowest BCUT2D eigenvalue weighted by Crippen LogP contribution is -2.25. The van der Waals surface area contributed by atoms with Crippen LogP contribution in [-0.2, 0) is 16.4 Å². The molecule has 7 heteroatoms. The molecule has 1 amide bonds. The quantitative estimate of drug-likeness (QED) is 0.879. The van der Waals surface area contributed by atoms with Crippen molar-refractivity contribution in [1.82, 2.24) is 5.32 Å². The Labute approximate surface area is 136 Å². The first-order chi connectivity index (χ1) is 10.3. The molecule has 0 saturated carbocycles. The van der Waals surface area contributed by atoms with E-state index in [9.17, 15) is 17.6 Å². The van der Waals surface area contributed by atoms with E-state index in [-0.39, 0.29) is 17.0 Å². The van der Waals surface area contributed by atoms with Gasteiger partial charge in [0.25, 0.3) is 5.91 Å². The minimum atomic E-state index is -3.52. The number of benzene rings is 2. The van der Waals surface area contributed by atoms with E-state index in [2.05, 4.69) is 21.2 Å². The first-order valence-corrected chi connectivity index (χ1v) is 8.98. The predicted molar refractivity (Wildman–Crippen MR) is 84.8 cm³/mol. The van der Waals surface area contributed by atoms with E-state index in [4.69, 9.17) is 0 Å². The van der Waals surface area contributed by atoms with Crippen molar-refractivity contribution in [2.75, 3.05) is 6.26 Å². The third kappa shape index (κ3) is 3.92. The Morgan fingerprint density at radius 2 is 1.91 bits per heavy atom. The molecular weight excluding hydrogens is 373 g/mol. The van der Waals surface area contributed by atoms with E-state index in [1.165, 1.54) is 18.2 Å². The molecule has 116 valence electrons. The van der Waals surface area contributed by atoms with Crippen LogP contribution < -0.4 is 5.32 Å². The van der Waals surface area contributed by atoms with E-state index >= 15 is 0 Å². The summed E-state index contributed by atoms with van der Waals surface area (Å²) in [4.78, 5) is 12.1. The van der Waals surface area contributed by atoms with Gasteiger partial charge in [-0.1, -0.05) is 34.1 Å². The van der Waals surface area contributed by atoms with Gasteiger partial charge in [0.1, 0.15) is 5.82 Å². The fourth-order valence-electron chi connectivity index (χ4n) is 1.91.